The number of nitrogens with zero attached hydrogens (tertiary/aromatic N) is 1. The van der Waals surface area contributed by atoms with E-state index >= 15 is 0 Å². The van der Waals surface area contributed by atoms with Gasteiger partial charge in [-0.15, -0.1) is 0 Å². The number of hydrogen-bond acceptors (Lipinski definition) is 5. The van der Waals surface area contributed by atoms with Gasteiger partial charge in [-0.3, -0.25) is 0 Å². The molecule has 1 fully saturated rings. The summed E-state index contributed by atoms with van der Waals surface area (Å²) in [5.74, 6) is 0. The molecule has 0 saturated carbocycles. The maximum absolute atomic E-state index is 11.2. The summed E-state index contributed by atoms with van der Waals surface area (Å²) in [5, 5.41) is 0. The smallest absolute Gasteiger partial charge is 0.240 e. The van der Waals surface area contributed by atoms with Gasteiger partial charge in [0.05, 0.1) is 24.4 Å². The maximum Gasteiger partial charge on any atom is 0.240 e. The third-order valence-corrected chi connectivity index (χ3v) is 5.77. The van der Waals surface area contributed by atoms with E-state index in [0.29, 0.717) is 31.2 Å². The Labute approximate surface area is 132 Å². The minimum Gasteiger partial charge on any atom is -0.379 e. The van der Waals surface area contributed by atoms with Crippen molar-refractivity contribution in [3.05, 3.63) is 29.8 Å². The summed E-state index contributed by atoms with van der Waals surface area (Å²) in [6, 6.07) is 6.71. The molecule has 0 bridgehead atoms. The number of benzene rings is 1. The molecule has 1 N–H and O–H groups in total. The summed E-state index contributed by atoms with van der Waals surface area (Å²) in [4.78, 5) is 0.301. The molecule has 0 spiro atoms. The Morgan fingerprint density at radius 3 is 1.91 bits per heavy atom. The molecule has 0 aliphatic carbocycles. The Hall–Kier alpha value is -1.00. The highest BCUT2D eigenvalue weighted by Gasteiger charge is 2.18. The Morgan fingerprint density at radius 1 is 1.05 bits per heavy atom. The van der Waals surface area contributed by atoms with Crippen LogP contribution >= 0.6 is 0 Å². The number of aryl methyl sites for hydroxylation is 1. The van der Waals surface area contributed by atoms with E-state index in [2.05, 4.69) is 4.72 Å². The van der Waals surface area contributed by atoms with Gasteiger partial charge in [0.2, 0.25) is 20.0 Å². The second-order valence-corrected chi connectivity index (χ2v) is 8.66. The highest BCUT2D eigenvalue weighted by atomic mass is 32.2. The first-order chi connectivity index (χ1) is 10.2. The van der Waals surface area contributed by atoms with Crippen molar-refractivity contribution < 1.29 is 21.6 Å². The second kappa shape index (κ2) is 8.02. The summed E-state index contributed by atoms with van der Waals surface area (Å²) in [7, 11) is -4.84. The number of rotatable bonds is 3. The van der Waals surface area contributed by atoms with Gasteiger partial charge in [-0.25, -0.2) is 21.6 Å². The zero-order chi connectivity index (χ0) is 16.8. The van der Waals surface area contributed by atoms with Crippen LogP contribution in [-0.2, 0) is 24.8 Å². The van der Waals surface area contributed by atoms with E-state index in [9.17, 15) is 16.8 Å². The Kier molecular flexibility index (Phi) is 6.95. The molecule has 0 amide bonds. The molecule has 0 atom stereocenters. The molecule has 7 nitrogen and oxygen atoms in total. The van der Waals surface area contributed by atoms with Gasteiger partial charge in [0.15, 0.2) is 0 Å². The van der Waals surface area contributed by atoms with Gasteiger partial charge in [0.1, 0.15) is 0 Å². The highest BCUT2D eigenvalue weighted by Crippen LogP contribution is 2.08. The number of sulfonamides is 2. The van der Waals surface area contributed by atoms with E-state index in [1.54, 1.807) is 24.3 Å². The Bertz CT molecular complexity index is 663. The maximum atomic E-state index is 11.2. The van der Waals surface area contributed by atoms with Crippen LogP contribution in [0.3, 0.4) is 0 Å². The number of morpholine rings is 1. The molecule has 0 unspecified atom stereocenters. The van der Waals surface area contributed by atoms with Gasteiger partial charge >= 0.3 is 0 Å². The van der Waals surface area contributed by atoms with Crippen LogP contribution in [0.25, 0.3) is 0 Å². The summed E-state index contributed by atoms with van der Waals surface area (Å²) in [5.41, 5.74) is 1.05. The van der Waals surface area contributed by atoms with Crippen LogP contribution in [0.2, 0.25) is 0 Å². The van der Waals surface area contributed by atoms with Gasteiger partial charge in [-0.1, -0.05) is 17.7 Å². The van der Waals surface area contributed by atoms with Crippen molar-refractivity contribution >= 4 is 20.0 Å². The van der Waals surface area contributed by atoms with Crippen LogP contribution in [0.5, 0.6) is 0 Å². The largest absolute Gasteiger partial charge is 0.379 e. The van der Waals surface area contributed by atoms with Gasteiger partial charge in [-0.05, 0) is 26.1 Å². The molecule has 1 heterocycles. The van der Waals surface area contributed by atoms with E-state index in [0.717, 1.165) is 5.56 Å². The number of nitrogens with one attached hydrogen (secondary N) is 1. The first-order valence-electron chi connectivity index (χ1n) is 6.70. The van der Waals surface area contributed by atoms with Crippen molar-refractivity contribution in [2.45, 2.75) is 11.8 Å². The predicted molar refractivity (Wildman–Crippen MR) is 84.7 cm³/mol. The minimum atomic E-state index is -3.26. The number of hydrogen-bond donors (Lipinski definition) is 1. The summed E-state index contributed by atoms with van der Waals surface area (Å²) in [6.07, 6.45) is 1.22. The Balaban J connectivity index is 0.000000224. The van der Waals surface area contributed by atoms with E-state index in [4.69, 9.17) is 4.74 Å². The van der Waals surface area contributed by atoms with Crippen LogP contribution in [-0.4, -0.2) is 60.7 Å². The molecule has 0 aromatic heterocycles. The molecule has 126 valence electrons. The van der Waals surface area contributed by atoms with Gasteiger partial charge < -0.3 is 4.74 Å². The molecule has 1 aromatic rings. The Morgan fingerprint density at radius 2 is 1.55 bits per heavy atom. The van der Waals surface area contributed by atoms with E-state index in [-0.39, 0.29) is 0 Å². The molecule has 9 heteroatoms. The zero-order valence-corrected chi connectivity index (χ0v) is 14.6. The number of ether oxygens (including phenoxy) is 1. The average Bonchev–Trinajstić information content (AvgIpc) is 2.48. The fourth-order valence-electron chi connectivity index (χ4n) is 1.71. The lowest BCUT2D eigenvalue weighted by molar-refractivity contribution is 0.0733. The molecule has 1 aliphatic rings. The van der Waals surface area contributed by atoms with Crippen LogP contribution in [0.4, 0.5) is 0 Å². The van der Waals surface area contributed by atoms with Crippen molar-refractivity contribution in [1.29, 1.82) is 0 Å². The van der Waals surface area contributed by atoms with Gasteiger partial charge in [0.25, 0.3) is 0 Å². The van der Waals surface area contributed by atoms with Crippen LogP contribution in [0, 0.1) is 6.92 Å². The standard InChI is InChI=1S/C8H11NO2S.C5H11NO3S/c1-7-3-5-8(6-4-7)12(10,11)9-2;1-10(7,8)6-2-4-9-5-3-6/h3-6,9H,1-2H3;2-5H2,1H3. The SMILES string of the molecule is CNS(=O)(=O)c1ccc(C)cc1.CS(=O)(=O)N1CCOCC1. The molecule has 2 rings (SSSR count). The summed E-state index contributed by atoms with van der Waals surface area (Å²) < 4.78 is 52.8. The fraction of sp³-hybridized carbons (Fsp3) is 0.538. The van der Waals surface area contributed by atoms with E-state index in [1.807, 2.05) is 6.92 Å². The lowest BCUT2D eigenvalue weighted by Gasteiger charge is -2.23. The van der Waals surface area contributed by atoms with E-state index < -0.39 is 20.0 Å². The molecule has 22 heavy (non-hydrogen) atoms. The zero-order valence-electron chi connectivity index (χ0n) is 12.9. The molecule has 0 radical (unpaired) electrons. The first-order valence-corrected chi connectivity index (χ1v) is 10.0. The normalized spacial score (nSPS) is 16.7. The van der Waals surface area contributed by atoms with E-state index in [1.165, 1.54) is 17.6 Å². The van der Waals surface area contributed by atoms with Crippen molar-refractivity contribution in [3.63, 3.8) is 0 Å². The van der Waals surface area contributed by atoms with Gasteiger partial charge in [0, 0.05) is 13.1 Å². The predicted octanol–water partition coefficient (Wildman–Crippen LogP) is 0.181. The van der Waals surface area contributed by atoms with Crippen LogP contribution in [0.15, 0.2) is 29.2 Å². The first kappa shape index (κ1) is 19.0. The quantitative estimate of drug-likeness (QED) is 0.839. The van der Waals surface area contributed by atoms with Crippen molar-refractivity contribution in [1.82, 2.24) is 9.03 Å². The second-order valence-electron chi connectivity index (χ2n) is 4.80. The third-order valence-electron chi connectivity index (χ3n) is 3.04. The summed E-state index contributed by atoms with van der Waals surface area (Å²) >= 11 is 0. The van der Waals surface area contributed by atoms with Crippen molar-refractivity contribution in [2.24, 2.45) is 0 Å². The molecule has 1 aromatic carbocycles. The highest BCUT2D eigenvalue weighted by molar-refractivity contribution is 7.89. The molecule has 1 saturated heterocycles. The minimum absolute atomic E-state index is 0.301. The van der Waals surface area contributed by atoms with Crippen LogP contribution < -0.4 is 4.72 Å². The van der Waals surface area contributed by atoms with Crippen molar-refractivity contribution in [3.8, 4) is 0 Å². The topological polar surface area (TPSA) is 92.8 Å². The fourth-order valence-corrected chi connectivity index (χ4v) is 3.26. The third kappa shape index (κ3) is 6.01. The molecule has 1 aliphatic heterocycles. The lowest BCUT2D eigenvalue weighted by Crippen LogP contribution is -2.39. The molecular formula is C13H22N2O5S2. The van der Waals surface area contributed by atoms with Crippen LogP contribution in [0.1, 0.15) is 5.56 Å². The van der Waals surface area contributed by atoms with Crippen molar-refractivity contribution in [2.75, 3.05) is 39.6 Å². The molecular weight excluding hydrogens is 328 g/mol. The summed E-state index contributed by atoms with van der Waals surface area (Å²) in [6.45, 7) is 3.95. The lowest BCUT2D eigenvalue weighted by atomic mass is 10.2. The average molecular weight is 350 g/mol. The van der Waals surface area contributed by atoms with Gasteiger partial charge in [-0.2, -0.15) is 4.31 Å². The monoisotopic (exact) mass is 350 g/mol.